The Morgan fingerprint density at radius 1 is 1.00 bits per heavy atom. The molecule has 4 nitrogen and oxygen atoms in total. The van der Waals surface area contributed by atoms with Crippen molar-refractivity contribution in [2.45, 2.75) is 65.0 Å². The first-order chi connectivity index (χ1) is 14.5. The zero-order valence-electron chi connectivity index (χ0n) is 18.3. The number of aliphatic carboxylic acids is 1. The summed E-state index contributed by atoms with van der Waals surface area (Å²) < 4.78 is 6.32. The SMILES string of the molecule is CC(C)C1CCC(Oc2ccc3cc(CN4CCC(C(=O)O)CC4)ccc3c2)CC1. The third-order valence-corrected chi connectivity index (χ3v) is 7.18. The lowest BCUT2D eigenvalue weighted by atomic mass is 9.80. The van der Waals surface area contributed by atoms with Gasteiger partial charge < -0.3 is 9.84 Å². The number of carbonyl (C=O) groups is 1. The molecule has 1 N–H and O–H groups in total. The van der Waals surface area contributed by atoms with Crippen LogP contribution in [0.3, 0.4) is 0 Å². The number of fused-ring (bicyclic) bond motifs is 1. The number of carboxylic acids is 1. The van der Waals surface area contributed by atoms with Crippen molar-refractivity contribution >= 4 is 16.7 Å². The molecule has 2 fully saturated rings. The van der Waals surface area contributed by atoms with Gasteiger partial charge in [0.15, 0.2) is 0 Å². The molecule has 0 spiro atoms. The van der Waals surface area contributed by atoms with E-state index >= 15 is 0 Å². The first kappa shape index (κ1) is 21.2. The van der Waals surface area contributed by atoms with E-state index in [1.807, 2.05) is 0 Å². The zero-order valence-corrected chi connectivity index (χ0v) is 18.3. The highest BCUT2D eigenvalue weighted by Gasteiger charge is 2.25. The third kappa shape index (κ3) is 5.15. The Balaban J connectivity index is 1.34. The average Bonchev–Trinajstić information content (AvgIpc) is 2.74. The van der Waals surface area contributed by atoms with Crippen LogP contribution < -0.4 is 4.74 Å². The number of ether oxygens (including phenoxy) is 1. The summed E-state index contributed by atoms with van der Waals surface area (Å²) in [5, 5.41) is 11.6. The summed E-state index contributed by atoms with van der Waals surface area (Å²) in [6.07, 6.45) is 6.75. The fraction of sp³-hybridized carbons (Fsp3) is 0.577. The Kier molecular flexibility index (Phi) is 6.62. The van der Waals surface area contributed by atoms with Gasteiger partial charge in [-0.3, -0.25) is 9.69 Å². The minimum absolute atomic E-state index is 0.170. The molecule has 4 heteroatoms. The van der Waals surface area contributed by atoms with Crippen LogP contribution >= 0.6 is 0 Å². The van der Waals surface area contributed by atoms with Crippen molar-refractivity contribution in [3.8, 4) is 5.75 Å². The summed E-state index contributed by atoms with van der Waals surface area (Å²) >= 11 is 0. The van der Waals surface area contributed by atoms with E-state index in [-0.39, 0.29) is 5.92 Å². The number of rotatable bonds is 6. The highest BCUT2D eigenvalue weighted by molar-refractivity contribution is 5.84. The van der Waals surface area contributed by atoms with Crippen molar-refractivity contribution in [3.63, 3.8) is 0 Å². The second-order valence-electron chi connectivity index (χ2n) is 9.63. The van der Waals surface area contributed by atoms with Gasteiger partial charge in [0.25, 0.3) is 0 Å². The normalized spacial score (nSPS) is 23.7. The lowest BCUT2D eigenvalue weighted by Gasteiger charge is -2.31. The van der Waals surface area contributed by atoms with Crippen molar-refractivity contribution in [2.24, 2.45) is 17.8 Å². The Morgan fingerprint density at radius 2 is 1.67 bits per heavy atom. The van der Waals surface area contributed by atoms with E-state index in [0.29, 0.717) is 6.10 Å². The number of nitrogens with zero attached hydrogens (tertiary/aromatic N) is 1. The molecule has 1 saturated heterocycles. The molecule has 1 aliphatic heterocycles. The van der Waals surface area contributed by atoms with Crippen LogP contribution in [0.1, 0.15) is 57.9 Å². The molecule has 1 saturated carbocycles. The minimum atomic E-state index is -0.647. The zero-order chi connectivity index (χ0) is 21.1. The molecule has 1 heterocycles. The van der Waals surface area contributed by atoms with Gasteiger partial charge in [-0.25, -0.2) is 0 Å². The van der Waals surface area contributed by atoms with Crippen LogP contribution in [0, 0.1) is 17.8 Å². The van der Waals surface area contributed by atoms with Crippen LogP contribution in [-0.2, 0) is 11.3 Å². The second kappa shape index (κ2) is 9.38. The second-order valence-corrected chi connectivity index (χ2v) is 9.63. The number of likely N-dealkylation sites (tertiary alicyclic amines) is 1. The van der Waals surface area contributed by atoms with Crippen LogP contribution in [0.4, 0.5) is 0 Å². The molecule has 4 rings (SSSR count). The lowest BCUT2D eigenvalue weighted by Crippen LogP contribution is -2.35. The van der Waals surface area contributed by atoms with Crippen molar-refractivity contribution in [2.75, 3.05) is 13.1 Å². The van der Waals surface area contributed by atoms with Crippen molar-refractivity contribution in [1.82, 2.24) is 4.90 Å². The summed E-state index contributed by atoms with van der Waals surface area (Å²) in [5.74, 6) is 1.81. The van der Waals surface area contributed by atoms with E-state index in [4.69, 9.17) is 9.84 Å². The summed E-state index contributed by atoms with van der Waals surface area (Å²) in [6.45, 7) is 7.28. The number of piperidine rings is 1. The Hall–Kier alpha value is -2.07. The van der Waals surface area contributed by atoms with Gasteiger partial charge in [0.2, 0.25) is 0 Å². The molecule has 162 valence electrons. The van der Waals surface area contributed by atoms with Gasteiger partial charge in [0.05, 0.1) is 12.0 Å². The molecular formula is C26H35NO3. The minimum Gasteiger partial charge on any atom is -0.490 e. The van der Waals surface area contributed by atoms with Crippen LogP contribution in [0.15, 0.2) is 36.4 Å². The highest BCUT2D eigenvalue weighted by Crippen LogP contribution is 2.33. The van der Waals surface area contributed by atoms with Gasteiger partial charge >= 0.3 is 5.97 Å². The summed E-state index contributed by atoms with van der Waals surface area (Å²) in [5.41, 5.74) is 1.29. The van der Waals surface area contributed by atoms with Gasteiger partial charge in [-0.1, -0.05) is 32.0 Å². The van der Waals surface area contributed by atoms with Crippen LogP contribution in [0.5, 0.6) is 5.75 Å². The van der Waals surface area contributed by atoms with Crippen molar-refractivity contribution < 1.29 is 14.6 Å². The number of hydrogen-bond donors (Lipinski definition) is 1. The van der Waals surface area contributed by atoms with Crippen LogP contribution in [-0.4, -0.2) is 35.2 Å². The molecule has 0 amide bonds. The largest absolute Gasteiger partial charge is 0.490 e. The average molecular weight is 410 g/mol. The van der Waals surface area contributed by atoms with E-state index < -0.39 is 5.97 Å². The van der Waals surface area contributed by atoms with Gasteiger partial charge in [-0.2, -0.15) is 0 Å². The van der Waals surface area contributed by atoms with E-state index in [0.717, 1.165) is 50.1 Å². The summed E-state index contributed by atoms with van der Waals surface area (Å²) in [7, 11) is 0. The molecule has 2 aromatic carbocycles. The fourth-order valence-electron chi connectivity index (χ4n) is 5.11. The molecule has 0 radical (unpaired) electrons. The molecule has 2 aromatic rings. The Labute approximate surface area is 180 Å². The first-order valence-electron chi connectivity index (χ1n) is 11.6. The molecule has 0 aromatic heterocycles. The Bertz CT molecular complexity index is 862. The fourth-order valence-corrected chi connectivity index (χ4v) is 5.11. The summed E-state index contributed by atoms with van der Waals surface area (Å²) in [4.78, 5) is 13.5. The first-order valence-corrected chi connectivity index (χ1v) is 11.6. The molecule has 1 aliphatic carbocycles. The topological polar surface area (TPSA) is 49.8 Å². The molecular weight excluding hydrogens is 374 g/mol. The molecule has 0 unspecified atom stereocenters. The Morgan fingerprint density at radius 3 is 2.33 bits per heavy atom. The number of benzene rings is 2. The predicted molar refractivity (Wildman–Crippen MR) is 121 cm³/mol. The van der Waals surface area contributed by atoms with E-state index in [2.05, 4.69) is 55.1 Å². The maximum absolute atomic E-state index is 11.1. The van der Waals surface area contributed by atoms with Crippen molar-refractivity contribution in [1.29, 1.82) is 0 Å². The molecule has 0 atom stereocenters. The van der Waals surface area contributed by atoms with Gasteiger partial charge in [0.1, 0.15) is 5.75 Å². The smallest absolute Gasteiger partial charge is 0.306 e. The predicted octanol–water partition coefficient (Wildman–Crippen LogP) is 5.73. The number of carboxylic acid groups (broad SMARTS) is 1. The van der Waals surface area contributed by atoms with Gasteiger partial charge in [-0.05, 0) is 98.0 Å². The van der Waals surface area contributed by atoms with E-state index in [1.165, 1.54) is 42.0 Å². The standard InChI is InChI=1S/C26H35NO3/c1-18(2)20-5-8-24(9-6-20)30-25-10-7-22-15-19(3-4-23(22)16-25)17-27-13-11-21(12-14-27)26(28)29/h3-4,7,10,15-16,18,20-21,24H,5-6,8-9,11-14,17H2,1-2H3,(H,28,29). The quantitative estimate of drug-likeness (QED) is 0.662. The monoisotopic (exact) mass is 409 g/mol. The van der Waals surface area contributed by atoms with Crippen LogP contribution in [0.2, 0.25) is 0 Å². The summed E-state index contributed by atoms with van der Waals surface area (Å²) in [6, 6.07) is 13.1. The van der Waals surface area contributed by atoms with Crippen molar-refractivity contribution in [3.05, 3.63) is 42.0 Å². The molecule has 30 heavy (non-hydrogen) atoms. The third-order valence-electron chi connectivity index (χ3n) is 7.18. The maximum atomic E-state index is 11.1. The van der Waals surface area contributed by atoms with Crippen LogP contribution in [0.25, 0.3) is 10.8 Å². The number of hydrogen-bond acceptors (Lipinski definition) is 3. The molecule has 2 aliphatic rings. The lowest BCUT2D eigenvalue weighted by molar-refractivity contribution is -0.143. The van der Waals surface area contributed by atoms with Gasteiger partial charge in [-0.15, -0.1) is 0 Å². The van der Waals surface area contributed by atoms with E-state index in [9.17, 15) is 4.79 Å². The maximum Gasteiger partial charge on any atom is 0.306 e. The van der Waals surface area contributed by atoms with Gasteiger partial charge in [0, 0.05) is 6.54 Å². The molecule has 0 bridgehead atoms. The van der Waals surface area contributed by atoms with E-state index in [1.54, 1.807) is 0 Å². The highest BCUT2D eigenvalue weighted by atomic mass is 16.5.